The first kappa shape index (κ1) is 9.95. The van der Waals surface area contributed by atoms with Crippen molar-refractivity contribution in [1.29, 1.82) is 0 Å². The van der Waals surface area contributed by atoms with Crippen LogP contribution in [-0.2, 0) is 9.59 Å². The number of halogens is 3. The van der Waals surface area contributed by atoms with Crippen LogP contribution in [0.25, 0.3) is 0 Å². The van der Waals surface area contributed by atoms with E-state index in [2.05, 4.69) is 0 Å². The van der Waals surface area contributed by atoms with Gasteiger partial charge in [-0.1, -0.05) is 12.2 Å². The third-order valence-corrected chi connectivity index (χ3v) is 2.39. The molecule has 2 aliphatic rings. The summed E-state index contributed by atoms with van der Waals surface area (Å²) in [5, 5.41) is 1.98. The predicted molar refractivity (Wildman–Crippen MR) is 43.5 cm³/mol. The minimum absolute atomic E-state index is 0.145. The van der Waals surface area contributed by atoms with Crippen LogP contribution in [0, 0.1) is 5.92 Å². The first-order valence-electron chi connectivity index (χ1n) is 4.24. The van der Waals surface area contributed by atoms with Crippen molar-refractivity contribution in [3.63, 3.8) is 0 Å². The van der Waals surface area contributed by atoms with Crippen molar-refractivity contribution in [1.82, 2.24) is 5.32 Å². The summed E-state index contributed by atoms with van der Waals surface area (Å²) in [4.78, 5) is 22.1. The highest BCUT2D eigenvalue weighted by atomic mass is 19.4. The Labute approximate surface area is 82.6 Å². The number of rotatable bonds is 0. The van der Waals surface area contributed by atoms with Crippen LogP contribution in [0.1, 0.15) is 6.42 Å². The van der Waals surface area contributed by atoms with Crippen LogP contribution in [-0.4, -0.2) is 17.9 Å². The molecule has 1 unspecified atom stereocenters. The van der Waals surface area contributed by atoms with Crippen LogP contribution < -0.4 is 5.32 Å². The molecule has 0 aromatic rings. The summed E-state index contributed by atoms with van der Waals surface area (Å²) in [7, 11) is 0. The fraction of sp³-hybridized carbons (Fsp3) is 0.333. The first-order chi connectivity index (χ1) is 6.91. The Morgan fingerprint density at radius 2 is 2.00 bits per heavy atom. The van der Waals surface area contributed by atoms with E-state index in [4.69, 9.17) is 0 Å². The molecule has 0 bridgehead atoms. The summed E-state index contributed by atoms with van der Waals surface area (Å²) in [5.74, 6) is -2.73. The van der Waals surface area contributed by atoms with Crippen molar-refractivity contribution in [2.24, 2.45) is 5.92 Å². The Bertz CT molecular complexity index is 406. The van der Waals surface area contributed by atoms with Gasteiger partial charge in [-0.25, -0.2) is 0 Å². The molecule has 1 heterocycles. The van der Waals surface area contributed by atoms with Crippen LogP contribution in [0.4, 0.5) is 13.2 Å². The molecule has 1 aliphatic heterocycles. The van der Waals surface area contributed by atoms with E-state index >= 15 is 0 Å². The molecule has 0 saturated carbocycles. The highest BCUT2D eigenvalue weighted by molar-refractivity contribution is 6.40. The van der Waals surface area contributed by atoms with E-state index in [-0.39, 0.29) is 12.1 Å². The zero-order valence-corrected chi connectivity index (χ0v) is 7.39. The van der Waals surface area contributed by atoms with Gasteiger partial charge in [0.05, 0.1) is 11.5 Å². The van der Waals surface area contributed by atoms with Crippen molar-refractivity contribution in [2.45, 2.75) is 12.6 Å². The van der Waals surface area contributed by atoms with Gasteiger partial charge in [-0.05, 0) is 6.42 Å². The average Bonchev–Trinajstić information content (AvgIpc) is 2.41. The summed E-state index contributed by atoms with van der Waals surface area (Å²) in [6.45, 7) is 0. The number of carbonyl (C=O) groups is 2. The van der Waals surface area contributed by atoms with E-state index < -0.39 is 29.4 Å². The summed E-state index contributed by atoms with van der Waals surface area (Å²) in [6, 6.07) is 0. The number of Topliss-reactive ketones (excluding diaryl/α,β-unsaturated/α-hetero) is 1. The Kier molecular flexibility index (Phi) is 1.95. The van der Waals surface area contributed by atoms with Gasteiger partial charge in [-0.3, -0.25) is 9.59 Å². The largest absolute Gasteiger partial charge is 0.418 e. The fourth-order valence-corrected chi connectivity index (χ4v) is 1.70. The van der Waals surface area contributed by atoms with Gasteiger partial charge in [-0.2, -0.15) is 13.2 Å². The fourth-order valence-electron chi connectivity index (χ4n) is 1.70. The van der Waals surface area contributed by atoms with Gasteiger partial charge in [-0.15, -0.1) is 0 Å². The zero-order valence-electron chi connectivity index (χ0n) is 7.39. The molecule has 3 nitrogen and oxygen atoms in total. The summed E-state index contributed by atoms with van der Waals surface area (Å²) in [5.41, 5.74) is -1.24. The van der Waals surface area contributed by atoms with Gasteiger partial charge < -0.3 is 5.32 Å². The number of carbonyl (C=O) groups excluding carboxylic acids is 2. The zero-order chi connectivity index (χ0) is 11.2. The molecule has 15 heavy (non-hydrogen) atoms. The lowest BCUT2D eigenvalue weighted by Gasteiger charge is -2.18. The number of amides is 1. The van der Waals surface area contributed by atoms with Crippen molar-refractivity contribution >= 4 is 11.7 Å². The van der Waals surface area contributed by atoms with Crippen molar-refractivity contribution in [3.05, 3.63) is 23.4 Å². The molecule has 0 aromatic carbocycles. The number of allylic oxidation sites excluding steroid dienone is 4. The molecule has 0 spiro atoms. The molecular formula is C9H6F3NO2. The van der Waals surface area contributed by atoms with Gasteiger partial charge in [0.15, 0.2) is 0 Å². The van der Waals surface area contributed by atoms with E-state index in [1.807, 2.05) is 5.32 Å². The van der Waals surface area contributed by atoms with E-state index in [9.17, 15) is 22.8 Å². The SMILES string of the molecule is O=C1NC2=C(C(F)(F)F)C=CCC2C1=O. The molecule has 1 N–H and O–H groups in total. The molecule has 1 atom stereocenters. The molecule has 0 aromatic heterocycles. The van der Waals surface area contributed by atoms with E-state index in [0.717, 1.165) is 6.08 Å². The molecule has 0 radical (unpaired) electrons. The quantitative estimate of drug-likeness (QED) is 0.617. The van der Waals surface area contributed by atoms with Crippen LogP contribution in [0.3, 0.4) is 0 Å². The van der Waals surface area contributed by atoms with Crippen LogP contribution in [0.5, 0.6) is 0 Å². The number of ketones is 1. The van der Waals surface area contributed by atoms with E-state index in [1.54, 1.807) is 0 Å². The molecular weight excluding hydrogens is 211 g/mol. The average molecular weight is 217 g/mol. The van der Waals surface area contributed by atoms with Gasteiger partial charge in [0.1, 0.15) is 0 Å². The second-order valence-corrected chi connectivity index (χ2v) is 3.33. The summed E-state index contributed by atoms with van der Waals surface area (Å²) in [6.07, 6.45) is -2.24. The monoisotopic (exact) mass is 217 g/mol. The Morgan fingerprint density at radius 3 is 2.60 bits per heavy atom. The van der Waals surface area contributed by atoms with Gasteiger partial charge in [0.25, 0.3) is 5.91 Å². The molecule has 80 valence electrons. The van der Waals surface area contributed by atoms with Gasteiger partial charge in [0.2, 0.25) is 5.78 Å². The van der Waals surface area contributed by atoms with Crippen molar-refractivity contribution in [2.75, 3.05) is 0 Å². The van der Waals surface area contributed by atoms with Crippen molar-refractivity contribution < 1.29 is 22.8 Å². The normalized spacial score (nSPS) is 25.7. The standard InChI is InChI=1S/C9H6F3NO2/c10-9(11,12)5-3-1-2-4-6(5)13-8(15)7(4)14/h1,3-4H,2H2,(H,13,15). The number of nitrogens with one attached hydrogen (secondary N) is 1. The van der Waals surface area contributed by atoms with E-state index in [1.165, 1.54) is 6.08 Å². The number of alkyl halides is 3. The number of hydrogen-bond acceptors (Lipinski definition) is 2. The molecule has 2 rings (SSSR count). The lowest BCUT2D eigenvalue weighted by molar-refractivity contribution is -0.136. The minimum atomic E-state index is -4.54. The van der Waals surface area contributed by atoms with Crippen LogP contribution in [0.15, 0.2) is 23.4 Å². The molecule has 1 amide bonds. The van der Waals surface area contributed by atoms with E-state index in [0.29, 0.717) is 0 Å². The Balaban J connectivity index is 2.50. The first-order valence-corrected chi connectivity index (χ1v) is 4.24. The summed E-state index contributed by atoms with van der Waals surface area (Å²) >= 11 is 0. The molecule has 1 saturated heterocycles. The molecule has 1 fully saturated rings. The third kappa shape index (κ3) is 1.45. The molecule has 1 aliphatic carbocycles. The Hall–Kier alpha value is -1.59. The highest BCUT2D eigenvalue weighted by Gasteiger charge is 2.45. The smallest absolute Gasteiger partial charge is 0.322 e. The third-order valence-electron chi connectivity index (χ3n) is 2.39. The van der Waals surface area contributed by atoms with Gasteiger partial charge in [0, 0.05) is 5.70 Å². The predicted octanol–water partition coefficient (Wildman–Crippen LogP) is 1.08. The van der Waals surface area contributed by atoms with Crippen molar-refractivity contribution in [3.8, 4) is 0 Å². The summed E-state index contributed by atoms with van der Waals surface area (Å²) < 4.78 is 37.4. The van der Waals surface area contributed by atoms with Crippen LogP contribution in [0.2, 0.25) is 0 Å². The molecule has 6 heteroatoms. The second kappa shape index (κ2) is 2.95. The maximum Gasteiger partial charge on any atom is 0.418 e. The topological polar surface area (TPSA) is 46.2 Å². The lowest BCUT2D eigenvalue weighted by atomic mass is 9.91. The minimum Gasteiger partial charge on any atom is -0.322 e. The Morgan fingerprint density at radius 1 is 1.33 bits per heavy atom. The number of hydrogen-bond donors (Lipinski definition) is 1. The maximum atomic E-state index is 12.5. The van der Waals surface area contributed by atoms with Crippen LogP contribution >= 0.6 is 0 Å². The van der Waals surface area contributed by atoms with Gasteiger partial charge >= 0.3 is 6.18 Å². The lowest BCUT2D eigenvalue weighted by Crippen LogP contribution is -2.22. The highest BCUT2D eigenvalue weighted by Crippen LogP contribution is 2.37. The number of fused-ring (bicyclic) bond motifs is 1. The maximum absolute atomic E-state index is 12.5. The second-order valence-electron chi connectivity index (χ2n) is 3.33.